The molecule has 0 amide bonds. The number of ether oxygens (including phenoxy) is 1. The van der Waals surface area contributed by atoms with Gasteiger partial charge in [-0.3, -0.25) is 4.79 Å². The minimum atomic E-state index is -0.253. The van der Waals surface area contributed by atoms with Crippen LogP contribution in [0.3, 0.4) is 0 Å². The molecule has 1 atom stereocenters. The first-order valence-corrected chi connectivity index (χ1v) is 6.18. The Morgan fingerprint density at radius 2 is 2.25 bits per heavy atom. The number of carbonyl (C=O) groups is 1. The average molecular weight is 281 g/mol. The minimum absolute atomic E-state index is 0.210. The lowest BCUT2D eigenvalue weighted by atomic mass is 10.2. The van der Waals surface area contributed by atoms with E-state index in [0.29, 0.717) is 10.6 Å². The normalized spacial score (nSPS) is 12.2. The molecule has 0 aromatic carbocycles. The highest BCUT2D eigenvalue weighted by molar-refractivity contribution is 7.99. The van der Waals surface area contributed by atoms with Gasteiger partial charge in [0.1, 0.15) is 0 Å². The summed E-state index contributed by atoms with van der Waals surface area (Å²) in [5, 5.41) is 7.82. The summed E-state index contributed by atoms with van der Waals surface area (Å²) >= 11 is 12.9. The lowest BCUT2D eigenvalue weighted by molar-refractivity contribution is -0.143. The van der Waals surface area contributed by atoms with E-state index in [1.165, 1.54) is 18.9 Å². The molecule has 0 saturated heterocycles. The number of nitrogens with zero attached hydrogens (tertiary/aromatic N) is 2. The molecule has 88 valence electrons. The van der Waals surface area contributed by atoms with E-state index in [1.807, 2.05) is 0 Å². The quantitative estimate of drug-likeness (QED) is 0.627. The number of esters is 1. The highest BCUT2D eigenvalue weighted by Gasteiger charge is 2.14. The summed E-state index contributed by atoms with van der Waals surface area (Å²) in [7, 11) is 1.36. The highest BCUT2D eigenvalue weighted by Crippen LogP contribution is 2.28. The summed E-state index contributed by atoms with van der Waals surface area (Å²) in [4.78, 5) is 11.9. The van der Waals surface area contributed by atoms with Crippen molar-refractivity contribution in [3.8, 4) is 0 Å². The Bertz CT molecular complexity index is 390. The molecular weight excluding hydrogens is 271 g/mol. The molecule has 0 aliphatic heterocycles. The van der Waals surface area contributed by atoms with E-state index in [2.05, 4.69) is 14.9 Å². The number of rotatable bonds is 4. The van der Waals surface area contributed by atoms with Crippen LogP contribution in [0.1, 0.15) is 6.92 Å². The zero-order valence-electron chi connectivity index (χ0n) is 8.74. The Morgan fingerprint density at radius 3 is 2.88 bits per heavy atom. The Labute approximate surface area is 108 Å². The van der Waals surface area contributed by atoms with Gasteiger partial charge < -0.3 is 4.74 Å². The zero-order valence-corrected chi connectivity index (χ0v) is 11.1. The summed E-state index contributed by atoms with van der Waals surface area (Å²) < 4.78 is 4.62. The van der Waals surface area contributed by atoms with Crippen molar-refractivity contribution in [3.05, 3.63) is 16.4 Å². The molecule has 1 heterocycles. The van der Waals surface area contributed by atoms with Crippen molar-refractivity contribution >= 4 is 40.9 Å². The van der Waals surface area contributed by atoms with Gasteiger partial charge in [0.25, 0.3) is 0 Å². The Hall–Kier alpha value is -0.520. The van der Waals surface area contributed by atoms with Crippen molar-refractivity contribution in [1.82, 2.24) is 10.2 Å². The number of hydrogen-bond acceptors (Lipinski definition) is 5. The van der Waals surface area contributed by atoms with Gasteiger partial charge in [-0.25, -0.2) is 0 Å². The van der Waals surface area contributed by atoms with Crippen molar-refractivity contribution < 1.29 is 9.53 Å². The maximum atomic E-state index is 11.2. The van der Waals surface area contributed by atoms with E-state index in [-0.39, 0.29) is 22.2 Å². The Balaban J connectivity index is 2.60. The van der Waals surface area contributed by atoms with E-state index in [1.54, 1.807) is 13.0 Å². The molecule has 1 unspecified atom stereocenters. The van der Waals surface area contributed by atoms with Crippen molar-refractivity contribution in [2.24, 2.45) is 5.92 Å². The lowest BCUT2D eigenvalue weighted by Gasteiger charge is -2.08. The number of aromatic nitrogens is 2. The predicted octanol–water partition coefficient (Wildman–Crippen LogP) is 2.68. The van der Waals surface area contributed by atoms with E-state index in [0.717, 1.165) is 0 Å². The molecule has 0 radical (unpaired) electrons. The number of thioether (sulfide) groups is 1. The van der Waals surface area contributed by atoms with Crippen LogP contribution in [0.15, 0.2) is 11.0 Å². The first-order chi connectivity index (χ1) is 7.54. The predicted molar refractivity (Wildman–Crippen MR) is 64.0 cm³/mol. The van der Waals surface area contributed by atoms with Gasteiger partial charge in [0, 0.05) is 10.6 Å². The smallest absolute Gasteiger partial charge is 0.309 e. The van der Waals surface area contributed by atoms with Crippen LogP contribution in [0.25, 0.3) is 0 Å². The van der Waals surface area contributed by atoms with E-state index >= 15 is 0 Å². The SMILES string of the molecule is COC(=O)C(C)CSc1cc(Cl)nnc1Cl. The van der Waals surface area contributed by atoms with Gasteiger partial charge >= 0.3 is 5.97 Å². The van der Waals surface area contributed by atoms with E-state index in [9.17, 15) is 4.79 Å². The highest BCUT2D eigenvalue weighted by atomic mass is 35.5. The fraction of sp³-hybridized carbons (Fsp3) is 0.444. The van der Waals surface area contributed by atoms with Gasteiger partial charge in [0.2, 0.25) is 0 Å². The van der Waals surface area contributed by atoms with Crippen LogP contribution in [0, 0.1) is 5.92 Å². The standard InChI is InChI=1S/C9H10Cl2N2O2S/c1-5(9(14)15-2)4-16-6-3-7(10)12-13-8(6)11/h3,5H,4H2,1-2H3. The summed E-state index contributed by atoms with van der Waals surface area (Å²) in [5.74, 6) is 0.0868. The van der Waals surface area contributed by atoms with Crippen LogP contribution in [-0.4, -0.2) is 29.0 Å². The molecule has 1 aromatic heterocycles. The molecule has 16 heavy (non-hydrogen) atoms. The number of hydrogen-bond donors (Lipinski definition) is 0. The molecule has 1 rings (SSSR count). The first-order valence-electron chi connectivity index (χ1n) is 4.44. The molecule has 0 aliphatic carbocycles. The summed E-state index contributed by atoms with van der Waals surface area (Å²) in [6, 6.07) is 1.62. The largest absolute Gasteiger partial charge is 0.469 e. The Morgan fingerprint density at radius 1 is 1.56 bits per heavy atom. The molecule has 0 bridgehead atoms. The van der Waals surface area contributed by atoms with Gasteiger partial charge in [-0.05, 0) is 6.07 Å². The van der Waals surface area contributed by atoms with Gasteiger partial charge in [0.05, 0.1) is 13.0 Å². The lowest BCUT2D eigenvalue weighted by Crippen LogP contribution is -2.14. The summed E-state index contributed by atoms with van der Waals surface area (Å²) in [5.41, 5.74) is 0. The van der Waals surface area contributed by atoms with Crippen molar-refractivity contribution in [2.45, 2.75) is 11.8 Å². The van der Waals surface area contributed by atoms with Crippen molar-refractivity contribution in [1.29, 1.82) is 0 Å². The fourth-order valence-electron chi connectivity index (χ4n) is 0.923. The molecule has 0 spiro atoms. The summed E-state index contributed by atoms with van der Waals surface area (Å²) in [6.07, 6.45) is 0. The second-order valence-electron chi connectivity index (χ2n) is 3.06. The van der Waals surface area contributed by atoms with Crippen LogP contribution in [0.2, 0.25) is 10.3 Å². The molecule has 0 fully saturated rings. The second kappa shape index (κ2) is 6.27. The maximum absolute atomic E-state index is 11.2. The van der Waals surface area contributed by atoms with Crippen LogP contribution in [0.4, 0.5) is 0 Å². The monoisotopic (exact) mass is 280 g/mol. The van der Waals surface area contributed by atoms with Gasteiger partial charge in [-0.15, -0.1) is 22.0 Å². The van der Waals surface area contributed by atoms with Crippen LogP contribution >= 0.6 is 35.0 Å². The molecule has 0 aliphatic rings. The molecule has 0 saturated carbocycles. The average Bonchev–Trinajstić information content (AvgIpc) is 2.28. The third kappa shape index (κ3) is 3.81. The van der Waals surface area contributed by atoms with Gasteiger partial charge in [-0.2, -0.15) is 0 Å². The number of halogens is 2. The van der Waals surface area contributed by atoms with Crippen LogP contribution in [-0.2, 0) is 9.53 Å². The Kier molecular flexibility index (Phi) is 5.31. The first kappa shape index (κ1) is 13.5. The fourth-order valence-corrected chi connectivity index (χ4v) is 2.31. The van der Waals surface area contributed by atoms with E-state index in [4.69, 9.17) is 23.2 Å². The topological polar surface area (TPSA) is 52.1 Å². The molecule has 4 nitrogen and oxygen atoms in total. The molecular formula is C9H10Cl2N2O2S. The second-order valence-corrected chi connectivity index (χ2v) is 4.86. The van der Waals surface area contributed by atoms with Crippen molar-refractivity contribution in [2.75, 3.05) is 12.9 Å². The van der Waals surface area contributed by atoms with Gasteiger partial charge in [0.15, 0.2) is 10.3 Å². The zero-order chi connectivity index (χ0) is 12.1. The number of carbonyl (C=O) groups excluding carboxylic acids is 1. The molecule has 7 heteroatoms. The minimum Gasteiger partial charge on any atom is -0.469 e. The van der Waals surface area contributed by atoms with Crippen LogP contribution in [0.5, 0.6) is 0 Å². The molecule has 0 N–H and O–H groups in total. The third-order valence-corrected chi connectivity index (χ3v) is 3.64. The van der Waals surface area contributed by atoms with E-state index < -0.39 is 0 Å². The summed E-state index contributed by atoms with van der Waals surface area (Å²) in [6.45, 7) is 1.78. The maximum Gasteiger partial charge on any atom is 0.309 e. The number of methoxy groups -OCH3 is 1. The van der Waals surface area contributed by atoms with Crippen LogP contribution < -0.4 is 0 Å². The van der Waals surface area contributed by atoms with Gasteiger partial charge in [-0.1, -0.05) is 30.1 Å². The third-order valence-electron chi connectivity index (χ3n) is 1.78. The van der Waals surface area contributed by atoms with Crippen molar-refractivity contribution in [3.63, 3.8) is 0 Å². The molecule has 1 aromatic rings.